The molecule has 0 spiro atoms. The summed E-state index contributed by atoms with van der Waals surface area (Å²) in [5.41, 5.74) is 1.81. The van der Waals surface area contributed by atoms with Crippen molar-refractivity contribution in [1.82, 2.24) is 15.1 Å². The number of ether oxygens (including phenoxy) is 2. The average molecular weight is 356 g/mol. The molecule has 138 valence electrons. The first-order valence-corrected chi connectivity index (χ1v) is 9.13. The maximum Gasteiger partial charge on any atom is 0.222 e. The lowest BCUT2D eigenvalue weighted by molar-refractivity contribution is -0.129. The monoisotopic (exact) mass is 356 g/mol. The van der Waals surface area contributed by atoms with Gasteiger partial charge in [-0.3, -0.25) is 4.79 Å². The zero-order valence-electron chi connectivity index (χ0n) is 15.3. The number of carbonyl (C=O) groups is 1. The van der Waals surface area contributed by atoms with E-state index in [0.29, 0.717) is 23.8 Å². The number of piperidine rings is 1. The van der Waals surface area contributed by atoms with Crippen molar-refractivity contribution in [2.75, 3.05) is 38.8 Å². The van der Waals surface area contributed by atoms with Crippen LogP contribution >= 0.6 is 0 Å². The minimum Gasteiger partial charge on any atom is -0.493 e. The summed E-state index contributed by atoms with van der Waals surface area (Å²) >= 11 is 0. The SMILES string of the molecule is COc1cc2nncc(N3CCCC(N4CCCC4=O)C3)c2cc1OC. The van der Waals surface area contributed by atoms with Crippen LogP contribution in [-0.2, 0) is 4.79 Å². The molecule has 0 saturated carbocycles. The van der Waals surface area contributed by atoms with Crippen molar-refractivity contribution in [1.29, 1.82) is 0 Å². The Morgan fingerprint density at radius 3 is 2.65 bits per heavy atom. The first kappa shape index (κ1) is 16.9. The normalized spacial score (nSPS) is 20.7. The average Bonchev–Trinajstić information content (AvgIpc) is 3.12. The summed E-state index contributed by atoms with van der Waals surface area (Å²) in [4.78, 5) is 16.5. The van der Waals surface area contributed by atoms with Crippen molar-refractivity contribution in [3.05, 3.63) is 18.3 Å². The topological polar surface area (TPSA) is 67.8 Å². The maximum atomic E-state index is 12.1. The predicted octanol–water partition coefficient (Wildman–Crippen LogP) is 2.24. The van der Waals surface area contributed by atoms with E-state index in [0.717, 1.165) is 55.5 Å². The first-order valence-electron chi connectivity index (χ1n) is 9.13. The molecule has 1 amide bonds. The van der Waals surface area contributed by atoms with Gasteiger partial charge in [0.25, 0.3) is 0 Å². The van der Waals surface area contributed by atoms with Gasteiger partial charge in [0.2, 0.25) is 5.91 Å². The van der Waals surface area contributed by atoms with E-state index in [2.05, 4.69) is 20.0 Å². The number of likely N-dealkylation sites (tertiary alicyclic amines) is 1. The molecule has 1 unspecified atom stereocenters. The molecule has 2 fully saturated rings. The molecule has 2 aromatic rings. The van der Waals surface area contributed by atoms with E-state index in [1.165, 1.54) is 0 Å². The van der Waals surface area contributed by atoms with Gasteiger partial charge in [0.1, 0.15) is 0 Å². The van der Waals surface area contributed by atoms with E-state index >= 15 is 0 Å². The Hall–Kier alpha value is -2.57. The highest BCUT2D eigenvalue weighted by Crippen LogP contribution is 2.36. The van der Waals surface area contributed by atoms with E-state index in [1.807, 2.05) is 18.3 Å². The summed E-state index contributed by atoms with van der Waals surface area (Å²) in [6, 6.07) is 4.10. The molecule has 0 radical (unpaired) electrons. The molecule has 2 aliphatic heterocycles. The number of benzene rings is 1. The van der Waals surface area contributed by atoms with E-state index in [-0.39, 0.29) is 6.04 Å². The van der Waals surface area contributed by atoms with Crippen molar-refractivity contribution in [2.45, 2.75) is 31.7 Å². The molecule has 26 heavy (non-hydrogen) atoms. The lowest BCUT2D eigenvalue weighted by Crippen LogP contribution is -2.48. The number of anilines is 1. The van der Waals surface area contributed by atoms with Crippen molar-refractivity contribution in [3.8, 4) is 11.5 Å². The number of hydrogen-bond donors (Lipinski definition) is 0. The Balaban J connectivity index is 1.68. The molecule has 2 saturated heterocycles. The van der Waals surface area contributed by atoms with Crippen LogP contribution in [0.4, 0.5) is 5.69 Å². The smallest absolute Gasteiger partial charge is 0.222 e. The highest BCUT2D eigenvalue weighted by atomic mass is 16.5. The van der Waals surface area contributed by atoms with Gasteiger partial charge in [0.15, 0.2) is 11.5 Å². The van der Waals surface area contributed by atoms with Crippen LogP contribution in [0.1, 0.15) is 25.7 Å². The first-order chi connectivity index (χ1) is 12.7. The zero-order chi connectivity index (χ0) is 18.1. The molecule has 1 atom stereocenters. The number of rotatable bonds is 4. The predicted molar refractivity (Wildman–Crippen MR) is 98.8 cm³/mol. The molecule has 0 N–H and O–H groups in total. The van der Waals surface area contributed by atoms with Crippen molar-refractivity contribution >= 4 is 22.5 Å². The van der Waals surface area contributed by atoms with Gasteiger partial charge >= 0.3 is 0 Å². The van der Waals surface area contributed by atoms with E-state index in [9.17, 15) is 4.79 Å². The lowest BCUT2D eigenvalue weighted by atomic mass is 10.0. The molecule has 1 aromatic carbocycles. The van der Waals surface area contributed by atoms with Crippen molar-refractivity contribution in [2.24, 2.45) is 0 Å². The highest BCUT2D eigenvalue weighted by molar-refractivity contribution is 5.93. The van der Waals surface area contributed by atoms with Gasteiger partial charge < -0.3 is 19.3 Å². The highest BCUT2D eigenvalue weighted by Gasteiger charge is 2.32. The number of nitrogens with zero attached hydrogens (tertiary/aromatic N) is 4. The Bertz CT molecular complexity index is 826. The molecule has 0 bridgehead atoms. The van der Waals surface area contributed by atoms with Crippen LogP contribution in [0, 0.1) is 0 Å². The Morgan fingerprint density at radius 2 is 1.92 bits per heavy atom. The van der Waals surface area contributed by atoms with Crippen LogP contribution in [0.3, 0.4) is 0 Å². The Kier molecular flexibility index (Phi) is 4.53. The van der Waals surface area contributed by atoms with Gasteiger partial charge in [0.05, 0.1) is 31.6 Å². The summed E-state index contributed by atoms with van der Waals surface area (Å²) in [7, 11) is 3.25. The van der Waals surface area contributed by atoms with Crippen molar-refractivity contribution in [3.63, 3.8) is 0 Å². The number of methoxy groups -OCH3 is 2. The van der Waals surface area contributed by atoms with Crippen LogP contribution in [0.15, 0.2) is 18.3 Å². The Labute approximate surface area is 152 Å². The molecular formula is C19H24N4O3. The lowest BCUT2D eigenvalue weighted by Gasteiger charge is -2.39. The summed E-state index contributed by atoms with van der Waals surface area (Å²) < 4.78 is 10.8. The summed E-state index contributed by atoms with van der Waals surface area (Å²) in [5.74, 6) is 1.61. The molecule has 7 heteroatoms. The number of amides is 1. The molecule has 2 aliphatic rings. The minimum absolute atomic E-state index is 0.280. The number of fused-ring (bicyclic) bond motifs is 1. The summed E-state index contributed by atoms with van der Waals surface area (Å²) in [6.07, 6.45) is 5.60. The maximum absolute atomic E-state index is 12.1. The van der Waals surface area contributed by atoms with Crippen molar-refractivity contribution < 1.29 is 14.3 Å². The van der Waals surface area contributed by atoms with E-state index in [1.54, 1.807) is 14.2 Å². The van der Waals surface area contributed by atoms with Crippen LogP contribution in [0.2, 0.25) is 0 Å². The third-order valence-electron chi connectivity index (χ3n) is 5.41. The van der Waals surface area contributed by atoms with Crippen LogP contribution < -0.4 is 14.4 Å². The number of carbonyl (C=O) groups excluding carboxylic acids is 1. The largest absolute Gasteiger partial charge is 0.493 e. The molecular weight excluding hydrogens is 332 g/mol. The van der Waals surface area contributed by atoms with Crippen LogP contribution in [-0.4, -0.2) is 60.9 Å². The van der Waals surface area contributed by atoms with Gasteiger partial charge in [-0.05, 0) is 25.3 Å². The molecule has 4 rings (SSSR count). The fraction of sp³-hybridized carbons (Fsp3) is 0.526. The minimum atomic E-state index is 0.280. The fourth-order valence-electron chi connectivity index (χ4n) is 4.11. The molecule has 0 aliphatic carbocycles. The third kappa shape index (κ3) is 2.91. The van der Waals surface area contributed by atoms with Gasteiger partial charge in [-0.25, -0.2) is 0 Å². The van der Waals surface area contributed by atoms with Crippen LogP contribution in [0.25, 0.3) is 10.9 Å². The molecule has 1 aromatic heterocycles. The van der Waals surface area contributed by atoms with E-state index in [4.69, 9.17) is 9.47 Å². The summed E-state index contributed by atoms with van der Waals surface area (Å²) in [5, 5.41) is 9.43. The standard InChI is InChI=1S/C19H24N4O3/c1-25-17-9-14-15(10-18(17)26-2)21-20-11-16(14)22-7-3-5-13(12-22)23-8-4-6-19(23)24/h9-11,13H,3-8,12H2,1-2H3. The quantitative estimate of drug-likeness (QED) is 0.837. The Morgan fingerprint density at radius 1 is 1.12 bits per heavy atom. The second kappa shape index (κ2) is 6.97. The molecule has 3 heterocycles. The van der Waals surface area contributed by atoms with Crippen LogP contribution in [0.5, 0.6) is 11.5 Å². The second-order valence-corrected chi connectivity index (χ2v) is 6.89. The second-order valence-electron chi connectivity index (χ2n) is 6.89. The van der Waals surface area contributed by atoms with Gasteiger partial charge in [-0.15, -0.1) is 0 Å². The summed E-state index contributed by atoms with van der Waals surface area (Å²) in [6.45, 7) is 2.67. The fourth-order valence-corrected chi connectivity index (χ4v) is 4.11. The number of hydrogen-bond acceptors (Lipinski definition) is 6. The third-order valence-corrected chi connectivity index (χ3v) is 5.41. The van der Waals surface area contributed by atoms with E-state index < -0.39 is 0 Å². The number of aromatic nitrogens is 2. The zero-order valence-corrected chi connectivity index (χ0v) is 15.3. The molecule has 7 nitrogen and oxygen atoms in total. The van der Waals surface area contributed by atoms with Gasteiger partial charge in [-0.1, -0.05) is 0 Å². The van der Waals surface area contributed by atoms with Gasteiger partial charge in [0, 0.05) is 43.5 Å². The van der Waals surface area contributed by atoms with Gasteiger partial charge in [-0.2, -0.15) is 10.2 Å².